The first-order valence-electron chi connectivity index (χ1n) is 14.8. The molecule has 9 rings (SSSR count). The van der Waals surface area contributed by atoms with Gasteiger partial charge in [-0.25, -0.2) is 0 Å². The van der Waals surface area contributed by atoms with Crippen LogP contribution >= 0.6 is 0 Å². The lowest BCUT2D eigenvalue weighted by Gasteiger charge is -2.42. The summed E-state index contributed by atoms with van der Waals surface area (Å²) in [7, 11) is 0. The second-order valence-electron chi connectivity index (χ2n) is 12.2. The summed E-state index contributed by atoms with van der Waals surface area (Å²) in [5.74, 6) is 0. The van der Waals surface area contributed by atoms with Gasteiger partial charge >= 0.3 is 0 Å². The van der Waals surface area contributed by atoms with Crippen molar-refractivity contribution in [1.82, 2.24) is 4.57 Å². The Bertz CT molecular complexity index is 2140. The average Bonchev–Trinajstić information content (AvgIpc) is 3.38. The molecule has 0 radical (unpaired) electrons. The minimum absolute atomic E-state index is 0.166. The molecule has 0 N–H and O–H groups in total. The highest BCUT2D eigenvalue weighted by Crippen LogP contribution is 2.42. The van der Waals surface area contributed by atoms with E-state index in [0.29, 0.717) is 0 Å². The van der Waals surface area contributed by atoms with Crippen molar-refractivity contribution in [3.05, 3.63) is 151 Å². The lowest BCUT2D eigenvalue weighted by Crippen LogP contribution is -2.63. The van der Waals surface area contributed by atoms with Gasteiger partial charge in [-0.15, -0.1) is 0 Å². The highest BCUT2D eigenvalue weighted by Gasteiger charge is 2.45. The summed E-state index contributed by atoms with van der Waals surface area (Å²) >= 11 is 0. The lowest BCUT2D eigenvalue weighted by molar-refractivity contribution is 0.645. The van der Waals surface area contributed by atoms with Gasteiger partial charge in [-0.3, -0.25) is 0 Å². The van der Waals surface area contributed by atoms with E-state index < -0.39 is 0 Å². The highest BCUT2D eigenvalue weighted by atomic mass is 15.1. The van der Waals surface area contributed by atoms with Crippen molar-refractivity contribution < 1.29 is 0 Å². The fraction of sp³-hybridized carbons (Fsp3) is 0.0769. The first kappa shape index (κ1) is 23.7. The molecule has 2 nitrogen and oxygen atoms in total. The molecular weight excluding hydrogens is 507 g/mol. The lowest BCUT2D eigenvalue weighted by atomic mass is 9.30. The van der Waals surface area contributed by atoms with Gasteiger partial charge in [0, 0.05) is 44.5 Å². The van der Waals surface area contributed by atoms with E-state index in [4.69, 9.17) is 0 Å². The summed E-state index contributed by atoms with van der Waals surface area (Å²) in [5.41, 5.74) is 14.4. The topological polar surface area (TPSA) is 8.17 Å². The van der Waals surface area contributed by atoms with Crippen LogP contribution in [0.2, 0.25) is 0 Å². The summed E-state index contributed by atoms with van der Waals surface area (Å²) in [6.07, 6.45) is 0. The molecule has 198 valence electrons. The number of para-hydroxylation sites is 4. The summed E-state index contributed by atoms with van der Waals surface area (Å²) < 4.78 is 2.53. The first-order valence-corrected chi connectivity index (χ1v) is 14.8. The van der Waals surface area contributed by atoms with Crippen LogP contribution in [0, 0.1) is 0 Å². The molecule has 0 unspecified atom stereocenters. The molecule has 0 amide bonds. The molecule has 2 aliphatic heterocycles. The summed E-state index contributed by atoms with van der Waals surface area (Å²) in [5, 5.41) is 2.66. The zero-order valence-electron chi connectivity index (χ0n) is 23.8. The number of nitrogens with zero attached hydrogens (tertiary/aromatic N) is 2. The Morgan fingerprint density at radius 3 is 1.98 bits per heavy atom. The number of fused-ring (bicyclic) bond motifs is 7. The highest BCUT2D eigenvalue weighted by molar-refractivity contribution is 6.99. The van der Waals surface area contributed by atoms with Crippen molar-refractivity contribution >= 4 is 62.0 Å². The summed E-state index contributed by atoms with van der Waals surface area (Å²) in [6, 6.07) is 51.3. The van der Waals surface area contributed by atoms with Crippen LogP contribution in [-0.4, -0.2) is 11.3 Å². The molecule has 3 heterocycles. The molecule has 0 saturated carbocycles. The van der Waals surface area contributed by atoms with E-state index in [1.807, 2.05) is 0 Å². The van der Waals surface area contributed by atoms with Gasteiger partial charge in [-0.2, -0.15) is 0 Å². The Morgan fingerprint density at radius 2 is 1.21 bits per heavy atom. The molecule has 0 spiro atoms. The molecule has 7 aromatic rings. The predicted octanol–water partition coefficient (Wildman–Crippen LogP) is 7.72. The second-order valence-corrected chi connectivity index (χ2v) is 12.2. The van der Waals surface area contributed by atoms with Crippen LogP contribution in [0.1, 0.15) is 25.0 Å². The van der Waals surface area contributed by atoms with Gasteiger partial charge in [-0.05, 0) is 70.6 Å². The zero-order valence-corrected chi connectivity index (χ0v) is 23.8. The van der Waals surface area contributed by atoms with E-state index in [0.717, 1.165) is 11.4 Å². The Balaban J connectivity index is 1.34. The smallest absolute Gasteiger partial charge is 0.247 e. The van der Waals surface area contributed by atoms with Crippen LogP contribution in [0.5, 0.6) is 0 Å². The maximum absolute atomic E-state index is 2.53. The molecule has 1 aromatic heterocycles. The summed E-state index contributed by atoms with van der Waals surface area (Å²) in [6.45, 7) is 5.00. The van der Waals surface area contributed by atoms with Crippen LogP contribution in [-0.2, 0) is 5.41 Å². The molecule has 0 aliphatic carbocycles. The monoisotopic (exact) mass is 536 g/mol. The minimum atomic E-state index is -0.166. The SMILES string of the molecule is CC1(C)c2cc(N(c3ccccc3)c3ccccc3)ccc2B2c3c(cccc31)-n1c3ccccc3c3cccc2c31. The van der Waals surface area contributed by atoms with Crippen molar-refractivity contribution in [2.45, 2.75) is 19.3 Å². The number of anilines is 3. The Kier molecular flexibility index (Phi) is 4.79. The van der Waals surface area contributed by atoms with Crippen molar-refractivity contribution in [3.63, 3.8) is 0 Å². The third-order valence-corrected chi connectivity index (χ3v) is 9.63. The van der Waals surface area contributed by atoms with Gasteiger partial charge in [0.05, 0.1) is 5.52 Å². The number of rotatable bonds is 3. The van der Waals surface area contributed by atoms with E-state index in [1.165, 1.54) is 60.7 Å². The number of hydrogen-bond donors (Lipinski definition) is 0. The second kappa shape index (κ2) is 8.50. The maximum atomic E-state index is 2.53. The van der Waals surface area contributed by atoms with Gasteiger partial charge in [0.2, 0.25) is 6.71 Å². The Morgan fingerprint density at radius 1 is 0.548 bits per heavy atom. The molecule has 3 heteroatoms. The van der Waals surface area contributed by atoms with E-state index in [2.05, 4.69) is 163 Å². The largest absolute Gasteiger partial charge is 0.310 e. The standard InChI is InChI=1S/C39H29BN2/c1-39(2)31-19-12-22-36-37(31)40(34-20-11-18-30-29-17-9-10-21-35(29)42(36)38(30)34)33-24-23-28(25-32(33)39)41(26-13-5-3-6-14-26)27-15-7-4-8-16-27/h3-25H,1-2H3. The van der Waals surface area contributed by atoms with Crippen LogP contribution in [0.15, 0.2) is 140 Å². The molecule has 0 saturated heterocycles. The van der Waals surface area contributed by atoms with Crippen LogP contribution in [0.3, 0.4) is 0 Å². The van der Waals surface area contributed by atoms with E-state index in [9.17, 15) is 0 Å². The van der Waals surface area contributed by atoms with E-state index in [-0.39, 0.29) is 12.1 Å². The first-order chi connectivity index (χ1) is 20.6. The van der Waals surface area contributed by atoms with Gasteiger partial charge in [0.15, 0.2) is 0 Å². The summed E-state index contributed by atoms with van der Waals surface area (Å²) in [4.78, 5) is 2.38. The third-order valence-electron chi connectivity index (χ3n) is 9.63. The van der Waals surface area contributed by atoms with Crippen LogP contribution in [0.4, 0.5) is 17.1 Å². The fourth-order valence-electron chi connectivity index (χ4n) is 7.83. The number of aromatic nitrogens is 1. The third kappa shape index (κ3) is 3.06. The Hall–Kier alpha value is -5.02. The van der Waals surface area contributed by atoms with E-state index in [1.54, 1.807) is 0 Å². The predicted molar refractivity (Wildman–Crippen MR) is 179 cm³/mol. The number of hydrogen-bond acceptors (Lipinski definition) is 1. The molecule has 2 aliphatic rings. The van der Waals surface area contributed by atoms with Crippen molar-refractivity contribution in [2.75, 3.05) is 4.90 Å². The van der Waals surface area contributed by atoms with E-state index >= 15 is 0 Å². The quantitative estimate of drug-likeness (QED) is 0.210. The molecule has 0 fully saturated rings. The minimum Gasteiger partial charge on any atom is -0.310 e. The van der Waals surface area contributed by atoms with Gasteiger partial charge in [-0.1, -0.05) is 110 Å². The molecule has 0 bridgehead atoms. The molecule has 6 aromatic carbocycles. The van der Waals surface area contributed by atoms with Crippen molar-refractivity contribution in [1.29, 1.82) is 0 Å². The zero-order chi connectivity index (χ0) is 28.0. The van der Waals surface area contributed by atoms with Gasteiger partial charge < -0.3 is 9.47 Å². The normalized spacial score (nSPS) is 14.1. The molecule has 42 heavy (non-hydrogen) atoms. The molecule has 0 atom stereocenters. The van der Waals surface area contributed by atoms with Crippen molar-refractivity contribution in [2.24, 2.45) is 0 Å². The van der Waals surface area contributed by atoms with Gasteiger partial charge in [0.1, 0.15) is 0 Å². The average molecular weight is 536 g/mol. The number of benzene rings is 6. The maximum Gasteiger partial charge on any atom is 0.247 e. The van der Waals surface area contributed by atoms with Crippen LogP contribution < -0.4 is 21.3 Å². The molecular formula is C39H29BN2. The van der Waals surface area contributed by atoms with Crippen LogP contribution in [0.25, 0.3) is 27.5 Å². The fourth-order valence-corrected chi connectivity index (χ4v) is 7.83. The Labute approximate surface area is 246 Å². The van der Waals surface area contributed by atoms with Gasteiger partial charge in [0.25, 0.3) is 0 Å². The van der Waals surface area contributed by atoms with Crippen molar-refractivity contribution in [3.8, 4) is 5.69 Å².